The molecule has 0 saturated heterocycles. The molecule has 2 atom stereocenters. The van der Waals surface area contributed by atoms with Crippen LogP contribution in [0.4, 0.5) is 15.3 Å². The van der Waals surface area contributed by atoms with Crippen molar-refractivity contribution in [2.75, 3.05) is 19.0 Å². The van der Waals surface area contributed by atoms with Gasteiger partial charge in [-0.15, -0.1) is 0 Å². The van der Waals surface area contributed by atoms with E-state index in [0.717, 1.165) is 33.4 Å². The quantitative estimate of drug-likeness (QED) is 0.148. The average Bonchev–Trinajstić information content (AvgIpc) is 3.41. The molecule has 0 aliphatic heterocycles. The number of hydrogen-bond donors (Lipinski definition) is 3. The van der Waals surface area contributed by atoms with Crippen molar-refractivity contribution in [2.24, 2.45) is 5.92 Å². The molecule has 0 spiro atoms. The largest absolute Gasteiger partial charge is 0.449 e. The first-order valence-corrected chi connectivity index (χ1v) is 21.9. The van der Waals surface area contributed by atoms with E-state index in [1.54, 1.807) is 20.0 Å². The van der Waals surface area contributed by atoms with Crippen molar-refractivity contribution >= 4 is 38.0 Å². The average molecular weight is 773 g/mol. The Morgan fingerprint density at radius 1 is 0.800 bits per heavy atom. The normalized spacial score (nSPS) is 14.0. The van der Waals surface area contributed by atoms with Gasteiger partial charge in [0.05, 0.1) is 6.61 Å². The van der Waals surface area contributed by atoms with Crippen LogP contribution in [-0.2, 0) is 36.6 Å². The Hall–Kier alpha value is -4.68. The number of hydrogen-bond acceptors (Lipinski definition) is 7. The molecule has 4 amide bonds. The second kappa shape index (κ2) is 17.4. The Kier molecular flexibility index (Phi) is 13.6. The highest BCUT2D eigenvalue weighted by molar-refractivity contribution is 6.74. The molecule has 0 aromatic heterocycles. The van der Waals surface area contributed by atoms with Gasteiger partial charge in [-0.1, -0.05) is 89.2 Å². The summed E-state index contributed by atoms with van der Waals surface area (Å²) in [4.78, 5) is 54.3. The van der Waals surface area contributed by atoms with Crippen LogP contribution >= 0.6 is 0 Å². The molecular weight excluding hydrogens is 713 g/mol. The van der Waals surface area contributed by atoms with Crippen molar-refractivity contribution in [1.82, 2.24) is 15.5 Å². The van der Waals surface area contributed by atoms with Gasteiger partial charge in [0.25, 0.3) is 0 Å². The molecule has 3 N–H and O–H groups in total. The maximum absolute atomic E-state index is 13.5. The third-order valence-electron chi connectivity index (χ3n) is 10.3. The number of rotatable bonds is 13. The van der Waals surface area contributed by atoms with Gasteiger partial charge in [0.15, 0.2) is 8.32 Å². The lowest BCUT2D eigenvalue weighted by molar-refractivity contribution is -0.128. The fraction of sp³-hybridized carbons (Fsp3) is 0.488. The van der Waals surface area contributed by atoms with Crippen LogP contribution in [0, 0.1) is 5.92 Å². The van der Waals surface area contributed by atoms with E-state index in [1.165, 1.54) is 4.90 Å². The highest BCUT2D eigenvalue weighted by atomic mass is 28.4. The van der Waals surface area contributed by atoms with Gasteiger partial charge in [0.2, 0.25) is 11.8 Å². The minimum atomic E-state index is -2.09. The van der Waals surface area contributed by atoms with E-state index in [0.29, 0.717) is 12.3 Å². The molecule has 1 aliphatic carbocycles. The van der Waals surface area contributed by atoms with Gasteiger partial charge in [0.1, 0.15) is 24.3 Å². The van der Waals surface area contributed by atoms with Crippen LogP contribution in [0.3, 0.4) is 0 Å². The SMILES string of the molecule is CC(C)[C@H](NC(=O)OCC1c2ccccc2-c2ccccc21)C(=O)N[C@@H](C)C(=O)Nc1ccc(CO[Si](C)(C)C(C)(C)C)c(CN(C)C(=O)OC(C)(C)C)c1. The van der Waals surface area contributed by atoms with Crippen LogP contribution in [0.5, 0.6) is 0 Å². The number of benzene rings is 3. The highest BCUT2D eigenvalue weighted by Crippen LogP contribution is 2.44. The van der Waals surface area contributed by atoms with Crippen LogP contribution < -0.4 is 16.0 Å². The second-order valence-electron chi connectivity index (χ2n) is 17.3. The molecule has 0 saturated carbocycles. The summed E-state index contributed by atoms with van der Waals surface area (Å²) in [5.41, 5.74) is 5.93. The number of carbonyl (C=O) groups excluding carboxylic acids is 4. The summed E-state index contributed by atoms with van der Waals surface area (Å²) in [6.45, 7) is 22.2. The van der Waals surface area contributed by atoms with Crippen LogP contribution in [0.1, 0.15) is 90.5 Å². The van der Waals surface area contributed by atoms with Gasteiger partial charge in [-0.05, 0) is 97.3 Å². The summed E-state index contributed by atoms with van der Waals surface area (Å²) in [5, 5.41) is 8.37. The van der Waals surface area contributed by atoms with Crippen molar-refractivity contribution in [1.29, 1.82) is 0 Å². The van der Waals surface area contributed by atoms with Crippen LogP contribution in [-0.4, -0.2) is 68.6 Å². The molecule has 11 nitrogen and oxygen atoms in total. The van der Waals surface area contributed by atoms with Crippen molar-refractivity contribution in [3.63, 3.8) is 0 Å². The Bertz CT molecular complexity index is 1820. The van der Waals surface area contributed by atoms with Crippen molar-refractivity contribution in [2.45, 2.75) is 117 Å². The monoisotopic (exact) mass is 772 g/mol. The predicted molar refractivity (Wildman–Crippen MR) is 219 cm³/mol. The molecule has 12 heteroatoms. The van der Waals surface area contributed by atoms with Crippen molar-refractivity contribution in [3.05, 3.63) is 89.0 Å². The summed E-state index contributed by atoms with van der Waals surface area (Å²) >= 11 is 0. The minimum absolute atomic E-state index is 0.00862. The summed E-state index contributed by atoms with van der Waals surface area (Å²) in [5.74, 6) is -1.37. The third kappa shape index (κ3) is 11.2. The van der Waals surface area contributed by atoms with E-state index in [-0.39, 0.29) is 30.0 Å². The Labute approximate surface area is 328 Å². The topological polar surface area (TPSA) is 135 Å². The number of alkyl carbamates (subject to hydrolysis) is 1. The molecule has 0 fully saturated rings. The number of ether oxygens (including phenoxy) is 2. The van der Waals surface area contributed by atoms with Gasteiger partial charge >= 0.3 is 12.2 Å². The zero-order chi connectivity index (χ0) is 40.9. The van der Waals surface area contributed by atoms with Crippen LogP contribution in [0.25, 0.3) is 11.1 Å². The zero-order valence-electron chi connectivity index (χ0n) is 34.6. The number of fused-ring (bicyclic) bond motifs is 3. The van der Waals surface area contributed by atoms with Crippen molar-refractivity contribution in [3.8, 4) is 11.1 Å². The van der Waals surface area contributed by atoms with Gasteiger partial charge in [-0.3, -0.25) is 9.59 Å². The lowest BCUT2D eigenvalue weighted by Gasteiger charge is -2.36. The van der Waals surface area contributed by atoms with E-state index < -0.39 is 50.0 Å². The third-order valence-corrected chi connectivity index (χ3v) is 14.8. The number of nitrogens with zero attached hydrogens (tertiary/aromatic N) is 1. The van der Waals surface area contributed by atoms with E-state index in [4.69, 9.17) is 13.9 Å². The standard InChI is InChI=1S/C43H60N4O7Si/c1-27(2)37(46-40(50)52-26-36-34-19-15-13-17-32(34)33-18-14-16-20-35(33)36)39(49)44-28(3)38(48)45-31-22-21-29(25-53-55(11,12)43(7,8)9)30(23-31)24-47(10)41(51)54-42(4,5)6/h13-23,27-28,36-37H,24-26H2,1-12H3,(H,44,49)(H,45,48)(H,46,50)/t28-,37-/m0/s1. The second-order valence-corrected chi connectivity index (χ2v) is 22.1. The molecule has 0 unspecified atom stereocenters. The highest BCUT2D eigenvalue weighted by Gasteiger charge is 2.37. The molecule has 3 aromatic rings. The fourth-order valence-corrected chi connectivity index (χ4v) is 7.00. The summed E-state index contributed by atoms with van der Waals surface area (Å²) in [7, 11) is -0.425. The molecule has 0 heterocycles. The van der Waals surface area contributed by atoms with E-state index in [2.05, 4.69) is 61.9 Å². The molecule has 298 valence electrons. The summed E-state index contributed by atoms with van der Waals surface area (Å²) in [6, 6.07) is 19.7. The lowest BCUT2D eigenvalue weighted by Crippen LogP contribution is -2.53. The molecule has 1 aliphatic rings. The Balaban J connectivity index is 1.40. The van der Waals surface area contributed by atoms with Gasteiger partial charge < -0.3 is 34.8 Å². The predicted octanol–water partition coefficient (Wildman–Crippen LogP) is 8.58. The Morgan fingerprint density at radius 2 is 1.38 bits per heavy atom. The van der Waals surface area contributed by atoms with E-state index >= 15 is 0 Å². The van der Waals surface area contributed by atoms with Crippen molar-refractivity contribution < 1.29 is 33.1 Å². The maximum Gasteiger partial charge on any atom is 0.410 e. The number of amides is 4. The molecule has 4 rings (SSSR count). The van der Waals surface area contributed by atoms with Crippen LogP contribution in [0.2, 0.25) is 18.1 Å². The first kappa shape index (κ1) is 43.1. The first-order valence-electron chi connectivity index (χ1n) is 19.0. The first-order chi connectivity index (χ1) is 25.6. The van der Waals surface area contributed by atoms with Gasteiger partial charge in [-0.25, -0.2) is 9.59 Å². The molecule has 3 aromatic carbocycles. The number of anilines is 1. The van der Waals surface area contributed by atoms with Gasteiger partial charge in [-0.2, -0.15) is 0 Å². The molecule has 0 radical (unpaired) electrons. The molecule has 55 heavy (non-hydrogen) atoms. The minimum Gasteiger partial charge on any atom is -0.449 e. The van der Waals surface area contributed by atoms with Gasteiger partial charge in [0, 0.05) is 25.2 Å². The molecular formula is C43H60N4O7Si. The van der Waals surface area contributed by atoms with E-state index in [1.807, 2.05) is 83.1 Å². The molecule has 0 bridgehead atoms. The van der Waals surface area contributed by atoms with Crippen LogP contribution in [0.15, 0.2) is 66.7 Å². The fourth-order valence-electron chi connectivity index (χ4n) is 6.05. The number of nitrogens with one attached hydrogen (secondary N) is 3. The summed E-state index contributed by atoms with van der Waals surface area (Å²) in [6.07, 6.45) is -1.18. The zero-order valence-corrected chi connectivity index (χ0v) is 35.6. The van der Waals surface area contributed by atoms with E-state index in [9.17, 15) is 19.2 Å². The number of carbonyl (C=O) groups is 4. The smallest absolute Gasteiger partial charge is 0.410 e. The summed E-state index contributed by atoms with van der Waals surface area (Å²) < 4.78 is 17.8. The lowest BCUT2D eigenvalue weighted by atomic mass is 9.98. The Morgan fingerprint density at radius 3 is 1.93 bits per heavy atom. The maximum atomic E-state index is 13.5.